The van der Waals surface area contributed by atoms with E-state index >= 15 is 0 Å². The lowest BCUT2D eigenvalue weighted by atomic mass is 9.77. The molecule has 0 aliphatic carbocycles. The van der Waals surface area contributed by atoms with Crippen LogP contribution in [0.5, 0.6) is 0 Å². The molecule has 0 unspecified atom stereocenters. The van der Waals surface area contributed by atoms with Gasteiger partial charge in [-0.1, -0.05) is 19.1 Å². The van der Waals surface area contributed by atoms with Gasteiger partial charge in [0.05, 0.1) is 0 Å². The van der Waals surface area contributed by atoms with E-state index in [1.54, 1.807) is 25.1 Å². The largest absolute Gasteiger partial charge is 0.396 e. The number of piperidine rings is 1. The summed E-state index contributed by atoms with van der Waals surface area (Å²) in [5.74, 6) is -0.260. The Morgan fingerprint density at radius 3 is 2.41 bits per heavy atom. The van der Waals surface area contributed by atoms with E-state index in [0.717, 1.165) is 24.8 Å². The lowest BCUT2D eigenvalue weighted by molar-refractivity contribution is -0.129. The Bertz CT molecular complexity index is 537. The lowest BCUT2D eigenvalue weighted by Gasteiger charge is -2.40. The summed E-state index contributed by atoms with van der Waals surface area (Å²) < 4.78 is 12.9. The molecule has 1 aromatic rings. The van der Waals surface area contributed by atoms with Crippen LogP contribution in [0, 0.1) is 11.2 Å². The normalized spacial score (nSPS) is 18.4. The van der Waals surface area contributed by atoms with Crippen LogP contribution in [0.3, 0.4) is 0 Å². The van der Waals surface area contributed by atoms with Crippen LogP contribution in [-0.4, -0.2) is 35.6 Å². The number of benzene rings is 1. The molecule has 0 bridgehead atoms. The molecule has 1 fully saturated rings. The molecule has 22 heavy (non-hydrogen) atoms. The zero-order chi connectivity index (χ0) is 16.2. The number of amides is 1. The average Bonchev–Trinajstić information content (AvgIpc) is 2.56. The Kier molecular flexibility index (Phi) is 5.35. The summed E-state index contributed by atoms with van der Waals surface area (Å²) in [6.45, 7) is 5.44. The van der Waals surface area contributed by atoms with Gasteiger partial charge in [-0.3, -0.25) is 4.79 Å². The minimum atomic E-state index is -0.280. The van der Waals surface area contributed by atoms with Crippen molar-refractivity contribution in [1.82, 2.24) is 4.90 Å². The molecular formula is C18H24FNO2. The molecule has 0 aromatic heterocycles. The highest BCUT2D eigenvalue weighted by atomic mass is 19.1. The predicted octanol–water partition coefficient (Wildman–Crippen LogP) is 3.24. The predicted molar refractivity (Wildman–Crippen MR) is 85.7 cm³/mol. The number of hydrogen-bond donors (Lipinski definition) is 1. The molecule has 1 N–H and O–H groups in total. The van der Waals surface area contributed by atoms with Crippen molar-refractivity contribution in [3.05, 3.63) is 41.2 Å². The van der Waals surface area contributed by atoms with E-state index in [2.05, 4.69) is 6.92 Å². The Balaban J connectivity index is 2.01. The first-order valence-corrected chi connectivity index (χ1v) is 7.84. The van der Waals surface area contributed by atoms with Crippen molar-refractivity contribution in [3.63, 3.8) is 0 Å². The van der Waals surface area contributed by atoms with Gasteiger partial charge in [-0.25, -0.2) is 4.39 Å². The van der Waals surface area contributed by atoms with Crippen molar-refractivity contribution in [2.75, 3.05) is 19.7 Å². The number of carbonyl (C=O) groups excluding carboxylic acids is 1. The minimum Gasteiger partial charge on any atom is -0.396 e. The maximum atomic E-state index is 12.9. The SMILES string of the molecule is CCC1(CO)CCN(C(=O)/C(C)=C/c2ccc(F)cc2)CC1. The highest BCUT2D eigenvalue weighted by molar-refractivity contribution is 5.97. The first kappa shape index (κ1) is 16.7. The Morgan fingerprint density at radius 2 is 1.91 bits per heavy atom. The molecule has 1 aliphatic heterocycles. The molecule has 0 radical (unpaired) electrons. The molecule has 3 nitrogen and oxygen atoms in total. The molecule has 1 heterocycles. The number of aliphatic hydroxyl groups is 1. The molecule has 1 aliphatic rings. The lowest BCUT2D eigenvalue weighted by Crippen LogP contribution is -2.44. The zero-order valence-corrected chi connectivity index (χ0v) is 13.3. The monoisotopic (exact) mass is 305 g/mol. The van der Waals surface area contributed by atoms with Gasteiger partial charge in [0.15, 0.2) is 0 Å². The van der Waals surface area contributed by atoms with E-state index in [1.165, 1.54) is 12.1 Å². The van der Waals surface area contributed by atoms with Crippen LogP contribution in [-0.2, 0) is 4.79 Å². The van der Waals surface area contributed by atoms with Gasteiger partial charge in [-0.15, -0.1) is 0 Å². The zero-order valence-electron chi connectivity index (χ0n) is 13.3. The summed E-state index contributed by atoms with van der Waals surface area (Å²) in [4.78, 5) is 14.3. The van der Waals surface area contributed by atoms with Gasteiger partial charge in [0.2, 0.25) is 5.91 Å². The van der Waals surface area contributed by atoms with Crippen LogP contribution in [0.15, 0.2) is 29.8 Å². The second-order valence-electron chi connectivity index (χ2n) is 6.18. The quantitative estimate of drug-likeness (QED) is 0.868. The Labute approximate surface area is 131 Å². The number of hydrogen-bond acceptors (Lipinski definition) is 2. The molecule has 2 rings (SSSR count). The third-order valence-corrected chi connectivity index (χ3v) is 4.79. The van der Waals surface area contributed by atoms with Crippen molar-refractivity contribution in [1.29, 1.82) is 0 Å². The van der Waals surface area contributed by atoms with Crippen LogP contribution in [0.4, 0.5) is 4.39 Å². The molecule has 120 valence electrons. The minimum absolute atomic E-state index is 0.0203. The van der Waals surface area contributed by atoms with E-state index < -0.39 is 0 Å². The molecule has 0 spiro atoms. The fourth-order valence-corrected chi connectivity index (χ4v) is 2.93. The number of aliphatic hydroxyl groups excluding tert-OH is 1. The number of carbonyl (C=O) groups is 1. The number of rotatable bonds is 4. The van der Waals surface area contributed by atoms with Crippen molar-refractivity contribution in [2.24, 2.45) is 5.41 Å². The molecule has 1 aromatic carbocycles. The smallest absolute Gasteiger partial charge is 0.249 e. The van der Waals surface area contributed by atoms with Crippen molar-refractivity contribution in [3.8, 4) is 0 Å². The number of likely N-dealkylation sites (tertiary alicyclic amines) is 1. The highest BCUT2D eigenvalue weighted by Gasteiger charge is 2.33. The van der Waals surface area contributed by atoms with E-state index in [0.29, 0.717) is 18.7 Å². The summed E-state index contributed by atoms with van der Waals surface area (Å²) in [5, 5.41) is 9.55. The van der Waals surface area contributed by atoms with Crippen molar-refractivity contribution in [2.45, 2.75) is 33.1 Å². The summed E-state index contributed by atoms with van der Waals surface area (Å²) in [6.07, 6.45) is 4.41. The summed E-state index contributed by atoms with van der Waals surface area (Å²) >= 11 is 0. The number of halogens is 1. The standard InChI is InChI=1S/C18H24FNO2/c1-3-18(13-21)8-10-20(11-9-18)17(22)14(2)12-15-4-6-16(19)7-5-15/h4-7,12,21H,3,8-11,13H2,1-2H3/b14-12+. The summed E-state index contributed by atoms with van der Waals surface area (Å²) in [7, 11) is 0. The maximum absolute atomic E-state index is 12.9. The Morgan fingerprint density at radius 1 is 1.32 bits per heavy atom. The highest BCUT2D eigenvalue weighted by Crippen LogP contribution is 2.34. The van der Waals surface area contributed by atoms with Crippen molar-refractivity contribution < 1.29 is 14.3 Å². The third kappa shape index (κ3) is 3.74. The topological polar surface area (TPSA) is 40.5 Å². The van der Waals surface area contributed by atoms with Crippen LogP contribution < -0.4 is 0 Å². The van der Waals surface area contributed by atoms with E-state index in [1.807, 2.05) is 4.90 Å². The fourth-order valence-electron chi connectivity index (χ4n) is 2.93. The van der Waals surface area contributed by atoms with Crippen molar-refractivity contribution >= 4 is 12.0 Å². The third-order valence-electron chi connectivity index (χ3n) is 4.79. The Hall–Kier alpha value is -1.68. The van der Waals surface area contributed by atoms with Gasteiger partial charge in [0.25, 0.3) is 0 Å². The van der Waals surface area contributed by atoms with Gasteiger partial charge < -0.3 is 10.0 Å². The van der Waals surface area contributed by atoms with E-state index in [9.17, 15) is 14.3 Å². The fraction of sp³-hybridized carbons (Fsp3) is 0.500. The molecule has 1 saturated heterocycles. The van der Waals surface area contributed by atoms with Crippen LogP contribution in [0.1, 0.15) is 38.7 Å². The summed E-state index contributed by atoms with van der Waals surface area (Å²) in [6, 6.07) is 6.11. The first-order valence-electron chi connectivity index (χ1n) is 7.84. The first-order chi connectivity index (χ1) is 10.5. The second-order valence-corrected chi connectivity index (χ2v) is 6.18. The van der Waals surface area contributed by atoms with E-state index in [-0.39, 0.29) is 23.7 Å². The van der Waals surface area contributed by atoms with E-state index in [4.69, 9.17) is 0 Å². The second kappa shape index (κ2) is 7.05. The molecule has 0 atom stereocenters. The summed E-state index contributed by atoms with van der Waals surface area (Å²) in [5.41, 5.74) is 1.45. The van der Waals surface area contributed by atoms with Gasteiger partial charge in [-0.2, -0.15) is 0 Å². The molecule has 0 saturated carbocycles. The van der Waals surface area contributed by atoms with Gasteiger partial charge in [0.1, 0.15) is 5.82 Å². The average molecular weight is 305 g/mol. The van der Waals surface area contributed by atoms with Crippen LogP contribution >= 0.6 is 0 Å². The molecule has 4 heteroatoms. The van der Waals surface area contributed by atoms with Gasteiger partial charge >= 0.3 is 0 Å². The van der Waals surface area contributed by atoms with Crippen LogP contribution in [0.2, 0.25) is 0 Å². The van der Waals surface area contributed by atoms with Gasteiger partial charge in [0, 0.05) is 25.3 Å². The maximum Gasteiger partial charge on any atom is 0.249 e. The molecular weight excluding hydrogens is 281 g/mol. The van der Waals surface area contributed by atoms with Crippen LogP contribution in [0.25, 0.3) is 6.08 Å². The van der Waals surface area contributed by atoms with Gasteiger partial charge in [-0.05, 0) is 55.4 Å². The molecule has 1 amide bonds. The number of nitrogens with zero attached hydrogens (tertiary/aromatic N) is 1.